The predicted molar refractivity (Wildman–Crippen MR) is 234 cm³/mol. The van der Waals surface area contributed by atoms with Gasteiger partial charge >= 0.3 is 11.9 Å². The number of carbonyl (C=O) groups is 9. The molecule has 21 N–H and O–H groups in total. The summed E-state index contributed by atoms with van der Waals surface area (Å²) in [5.74, 6) is -10.7. The SMILES string of the molecule is CC(C)C(NC(=O)C(CCC(=O)O)NC(=O)C(CO)NC(=O)C(NC(=O)C(N)C(C)O)C(C)O)C(=O)NC(CCCN=C(N)N)C(=O)N1CCCC1C(=O)NC(CCCN=C(N)N)C(=O)O. The van der Waals surface area contributed by atoms with E-state index in [1.165, 1.54) is 25.7 Å². The van der Waals surface area contributed by atoms with Crippen molar-refractivity contribution in [1.29, 1.82) is 0 Å². The summed E-state index contributed by atoms with van der Waals surface area (Å²) in [4.78, 5) is 127. The minimum atomic E-state index is -1.83. The van der Waals surface area contributed by atoms with Crippen molar-refractivity contribution in [2.24, 2.45) is 44.6 Å². The molecule has 28 heteroatoms. The fourth-order valence-electron chi connectivity index (χ4n) is 6.48. The second kappa shape index (κ2) is 28.5. The molecule has 0 bridgehead atoms. The molecular formula is C38H68N14O14. The lowest BCUT2D eigenvalue weighted by atomic mass is 10.0. The Morgan fingerprint density at radius 2 is 1.14 bits per heavy atom. The van der Waals surface area contributed by atoms with E-state index in [0.717, 1.165) is 6.92 Å². The quantitative estimate of drug-likeness (QED) is 0.0188. The number of nitrogens with two attached hydrogens (primary N) is 5. The molecule has 0 saturated carbocycles. The molecule has 1 fully saturated rings. The lowest BCUT2D eigenvalue weighted by Crippen LogP contribution is -2.62. The van der Waals surface area contributed by atoms with Gasteiger partial charge in [0.05, 0.1) is 18.8 Å². The minimum absolute atomic E-state index is 0.0299. The molecule has 0 spiro atoms. The van der Waals surface area contributed by atoms with E-state index in [1.54, 1.807) is 0 Å². The fraction of sp³-hybridized carbons (Fsp3) is 0.711. The molecule has 0 aromatic heterocycles. The number of amides is 7. The van der Waals surface area contributed by atoms with Crippen molar-refractivity contribution in [3.8, 4) is 0 Å². The number of aliphatic hydroxyl groups is 3. The van der Waals surface area contributed by atoms with E-state index in [1.807, 2.05) is 0 Å². The maximum Gasteiger partial charge on any atom is 0.326 e. The summed E-state index contributed by atoms with van der Waals surface area (Å²) >= 11 is 0. The Balaban J connectivity index is 3.35. The number of aliphatic hydroxyl groups excluding tert-OH is 3. The number of hydrogen-bond donors (Lipinski definition) is 16. The molecule has 0 aromatic carbocycles. The molecule has 1 aliphatic heterocycles. The first kappa shape index (κ1) is 57.6. The Morgan fingerprint density at radius 3 is 1.62 bits per heavy atom. The Morgan fingerprint density at radius 1 is 0.636 bits per heavy atom. The number of aliphatic carboxylic acids is 2. The number of guanidine groups is 2. The average molecular weight is 945 g/mol. The molecule has 0 radical (unpaired) electrons. The number of likely N-dealkylation sites (tertiary alicyclic amines) is 1. The molecule has 10 atom stereocenters. The Kier molecular flexibility index (Phi) is 24.9. The first-order valence-corrected chi connectivity index (χ1v) is 21.2. The summed E-state index contributed by atoms with van der Waals surface area (Å²) in [7, 11) is 0. The Hall–Kier alpha value is -6.39. The summed E-state index contributed by atoms with van der Waals surface area (Å²) in [6.45, 7) is 4.50. The average Bonchev–Trinajstić information content (AvgIpc) is 3.73. The molecule has 1 heterocycles. The molecule has 28 nitrogen and oxygen atoms in total. The van der Waals surface area contributed by atoms with Gasteiger partial charge < -0.3 is 91.0 Å². The maximum atomic E-state index is 14.2. The van der Waals surface area contributed by atoms with Crippen LogP contribution in [0.4, 0.5) is 0 Å². The highest BCUT2D eigenvalue weighted by molar-refractivity contribution is 5.98. The molecule has 0 aliphatic carbocycles. The van der Waals surface area contributed by atoms with Crippen LogP contribution in [-0.2, 0) is 43.2 Å². The van der Waals surface area contributed by atoms with Crippen LogP contribution in [0.2, 0.25) is 0 Å². The van der Waals surface area contributed by atoms with Gasteiger partial charge in [0.1, 0.15) is 48.3 Å². The lowest BCUT2D eigenvalue weighted by molar-refractivity contribution is -0.145. The van der Waals surface area contributed by atoms with Crippen LogP contribution in [0.25, 0.3) is 0 Å². The van der Waals surface area contributed by atoms with Gasteiger partial charge in [-0.25, -0.2) is 4.79 Å². The molecule has 10 unspecified atom stereocenters. The summed E-state index contributed by atoms with van der Waals surface area (Å²) in [5, 5.41) is 63.0. The van der Waals surface area contributed by atoms with Crippen LogP contribution in [-0.4, -0.2) is 182 Å². The molecule has 1 rings (SSSR count). The largest absolute Gasteiger partial charge is 0.481 e. The summed E-state index contributed by atoms with van der Waals surface area (Å²) in [6, 6.07) is -12.0. The van der Waals surface area contributed by atoms with Crippen molar-refractivity contribution in [2.45, 2.75) is 140 Å². The van der Waals surface area contributed by atoms with Crippen LogP contribution in [0.3, 0.4) is 0 Å². The van der Waals surface area contributed by atoms with E-state index >= 15 is 0 Å². The van der Waals surface area contributed by atoms with Crippen LogP contribution in [0.15, 0.2) is 9.98 Å². The van der Waals surface area contributed by atoms with Crippen LogP contribution < -0.4 is 60.6 Å². The number of nitrogens with one attached hydrogen (secondary N) is 6. The van der Waals surface area contributed by atoms with Crippen LogP contribution >= 0.6 is 0 Å². The smallest absolute Gasteiger partial charge is 0.326 e. The second-order valence-corrected chi connectivity index (χ2v) is 16.0. The molecule has 0 aromatic rings. The molecule has 7 amide bonds. The second-order valence-electron chi connectivity index (χ2n) is 16.0. The van der Waals surface area contributed by atoms with Crippen LogP contribution in [0.1, 0.15) is 79.1 Å². The number of nitrogens with zero attached hydrogens (tertiary/aromatic N) is 3. The first-order chi connectivity index (χ1) is 30.8. The van der Waals surface area contributed by atoms with Crippen molar-refractivity contribution < 1.29 is 68.7 Å². The topological polar surface area (TPSA) is 485 Å². The third-order valence-corrected chi connectivity index (χ3v) is 10.2. The van der Waals surface area contributed by atoms with Gasteiger partial charge in [0.25, 0.3) is 0 Å². The highest BCUT2D eigenvalue weighted by Crippen LogP contribution is 2.21. The first-order valence-electron chi connectivity index (χ1n) is 21.2. The summed E-state index contributed by atoms with van der Waals surface area (Å²) < 4.78 is 0. The van der Waals surface area contributed by atoms with Crippen LogP contribution in [0.5, 0.6) is 0 Å². The van der Waals surface area contributed by atoms with Crippen molar-refractivity contribution in [1.82, 2.24) is 36.8 Å². The molecule has 66 heavy (non-hydrogen) atoms. The number of carboxylic acid groups (broad SMARTS) is 2. The van der Waals surface area contributed by atoms with Crippen molar-refractivity contribution in [3.05, 3.63) is 0 Å². The minimum Gasteiger partial charge on any atom is -0.481 e. The van der Waals surface area contributed by atoms with Gasteiger partial charge in [0.15, 0.2) is 11.9 Å². The van der Waals surface area contributed by atoms with Crippen molar-refractivity contribution in [3.63, 3.8) is 0 Å². The number of carboxylic acids is 2. The molecular weight excluding hydrogens is 877 g/mol. The monoisotopic (exact) mass is 945 g/mol. The van der Waals surface area contributed by atoms with Gasteiger partial charge in [0.2, 0.25) is 41.4 Å². The predicted octanol–water partition coefficient (Wildman–Crippen LogP) is -7.32. The van der Waals surface area contributed by atoms with Gasteiger partial charge in [-0.15, -0.1) is 0 Å². The van der Waals surface area contributed by atoms with E-state index in [-0.39, 0.29) is 63.7 Å². The zero-order valence-electron chi connectivity index (χ0n) is 37.5. The third-order valence-electron chi connectivity index (χ3n) is 10.2. The van der Waals surface area contributed by atoms with Crippen molar-refractivity contribution >= 4 is 65.2 Å². The number of hydrogen-bond acceptors (Lipinski definition) is 15. The molecule has 1 aliphatic rings. The van der Waals surface area contributed by atoms with E-state index in [4.69, 9.17) is 28.7 Å². The van der Waals surface area contributed by atoms with Gasteiger partial charge in [-0.05, 0) is 64.7 Å². The zero-order chi connectivity index (χ0) is 50.4. The van der Waals surface area contributed by atoms with E-state index in [9.17, 15) is 68.7 Å². The molecule has 1 saturated heterocycles. The van der Waals surface area contributed by atoms with E-state index in [0.29, 0.717) is 6.42 Å². The molecule has 374 valence electrons. The van der Waals surface area contributed by atoms with Gasteiger partial charge in [-0.2, -0.15) is 0 Å². The number of carbonyl (C=O) groups excluding carboxylic acids is 7. The van der Waals surface area contributed by atoms with E-state index < -0.39 is 139 Å². The Bertz CT molecular complexity index is 1760. The standard InChI is InChI=1S/C38H68N14O14/c1-17(2)27(50-29(58)20(11-12-25(56)57)46-30(59)23(16-53)49-34(63)28(19(4)55)51-32(61)26(39)18(3)54)33(62)47-21(8-5-13-44-37(40)41)35(64)52-15-7-10-24(52)31(60)48-22(36(65)66)9-6-14-45-38(42)43/h17-24,26-28,53-55H,5-16,39H2,1-4H3,(H,46,59)(H,47,62)(H,48,60)(H,49,63)(H,50,58)(H,51,61)(H,56,57)(H,65,66)(H4,40,41,44)(H4,42,43,45). The fourth-order valence-corrected chi connectivity index (χ4v) is 6.48. The zero-order valence-corrected chi connectivity index (χ0v) is 37.5. The highest BCUT2D eigenvalue weighted by Gasteiger charge is 2.40. The number of aliphatic imine (C=N–C) groups is 2. The van der Waals surface area contributed by atoms with Gasteiger partial charge in [-0.1, -0.05) is 13.8 Å². The Labute approximate surface area is 380 Å². The van der Waals surface area contributed by atoms with Crippen molar-refractivity contribution in [2.75, 3.05) is 26.2 Å². The lowest BCUT2D eigenvalue weighted by Gasteiger charge is -2.31. The van der Waals surface area contributed by atoms with E-state index in [2.05, 4.69) is 41.9 Å². The number of rotatable bonds is 29. The van der Waals surface area contributed by atoms with Crippen LogP contribution in [0, 0.1) is 5.92 Å². The normalized spacial score (nSPS) is 17.5. The summed E-state index contributed by atoms with van der Waals surface area (Å²) in [5.41, 5.74) is 27.1. The van der Waals surface area contributed by atoms with Gasteiger partial charge in [0, 0.05) is 26.1 Å². The highest BCUT2D eigenvalue weighted by atomic mass is 16.4. The summed E-state index contributed by atoms with van der Waals surface area (Å²) in [6.07, 6.45) is -3.40. The van der Waals surface area contributed by atoms with Gasteiger partial charge in [-0.3, -0.25) is 48.3 Å². The third kappa shape index (κ3) is 19.8. The maximum absolute atomic E-state index is 14.2.